The van der Waals surface area contributed by atoms with Gasteiger partial charge in [0, 0.05) is 25.2 Å². The van der Waals surface area contributed by atoms with Crippen molar-refractivity contribution in [3.63, 3.8) is 0 Å². The molecule has 3 N–H and O–H groups in total. The van der Waals surface area contributed by atoms with E-state index in [1.807, 2.05) is 0 Å². The lowest BCUT2D eigenvalue weighted by Gasteiger charge is -2.39. The van der Waals surface area contributed by atoms with Crippen molar-refractivity contribution in [1.82, 2.24) is 9.88 Å². The van der Waals surface area contributed by atoms with Crippen molar-refractivity contribution < 1.29 is 22.3 Å². The van der Waals surface area contributed by atoms with Crippen LogP contribution in [0.2, 0.25) is 5.02 Å². The fourth-order valence-corrected chi connectivity index (χ4v) is 6.37. The summed E-state index contributed by atoms with van der Waals surface area (Å²) in [5, 5.41) is 12.7. The minimum absolute atomic E-state index is 0.0515. The molecule has 0 radical (unpaired) electrons. The van der Waals surface area contributed by atoms with E-state index in [0.717, 1.165) is 69.8 Å². The summed E-state index contributed by atoms with van der Waals surface area (Å²) in [6.45, 7) is 2.09. The average molecular weight is 515 g/mol. The number of hydrogen-bond donors (Lipinski definition) is 3. The summed E-state index contributed by atoms with van der Waals surface area (Å²) in [5.41, 5.74) is 0.338. The third-order valence-corrected chi connectivity index (χ3v) is 8.34. The highest BCUT2D eigenvalue weighted by Crippen LogP contribution is 2.34. The molecule has 11 heteroatoms. The summed E-state index contributed by atoms with van der Waals surface area (Å²) >= 11 is 6.39. The Labute approximate surface area is 203 Å². The molecule has 0 bridgehead atoms. The first-order valence-electron chi connectivity index (χ1n) is 11.5. The van der Waals surface area contributed by atoms with Crippen LogP contribution in [-0.2, 0) is 10.0 Å². The maximum absolute atomic E-state index is 14.9. The van der Waals surface area contributed by atoms with Gasteiger partial charge in [-0.2, -0.15) is 4.39 Å². The number of nitrogens with one attached hydrogen (secondary N) is 2. The highest BCUT2D eigenvalue weighted by atomic mass is 35.5. The smallest absolute Gasteiger partial charge is 0.266 e. The van der Waals surface area contributed by atoms with Crippen LogP contribution >= 0.6 is 11.6 Å². The van der Waals surface area contributed by atoms with Gasteiger partial charge in [0.25, 0.3) is 10.0 Å². The number of likely N-dealkylation sites (tertiary alicyclic amines) is 1. The van der Waals surface area contributed by atoms with Gasteiger partial charge >= 0.3 is 0 Å². The molecule has 2 aromatic rings. The maximum atomic E-state index is 14.9. The van der Waals surface area contributed by atoms with Gasteiger partial charge in [0.15, 0.2) is 0 Å². The Hall–Kier alpha value is -2.01. The number of benzene rings is 1. The highest BCUT2D eigenvalue weighted by Gasteiger charge is 2.35. The second-order valence-electron chi connectivity index (χ2n) is 8.98. The van der Waals surface area contributed by atoms with Gasteiger partial charge in [-0.3, -0.25) is 9.62 Å². The molecule has 1 aromatic carbocycles. The average Bonchev–Trinajstić information content (AvgIpc) is 3.25. The molecule has 1 saturated carbocycles. The number of halogens is 3. The van der Waals surface area contributed by atoms with Crippen molar-refractivity contribution in [3.8, 4) is 0 Å². The van der Waals surface area contributed by atoms with E-state index in [4.69, 9.17) is 11.6 Å². The molecule has 7 nitrogen and oxygen atoms in total. The van der Waals surface area contributed by atoms with Crippen molar-refractivity contribution in [2.24, 2.45) is 5.92 Å². The fourth-order valence-electron chi connectivity index (χ4n) is 5.00. The lowest BCUT2D eigenvalue weighted by atomic mass is 9.89. The van der Waals surface area contributed by atoms with Crippen LogP contribution in [-0.4, -0.2) is 55.2 Å². The monoisotopic (exact) mass is 514 g/mol. The third kappa shape index (κ3) is 5.79. The van der Waals surface area contributed by atoms with Crippen LogP contribution in [0.25, 0.3) is 0 Å². The van der Waals surface area contributed by atoms with Gasteiger partial charge in [-0.05, 0) is 62.4 Å². The number of aromatic nitrogens is 1. The molecule has 2 heterocycles. The zero-order valence-electron chi connectivity index (χ0n) is 18.7. The molecule has 0 amide bonds. The second-order valence-corrected chi connectivity index (χ2v) is 11.0. The Morgan fingerprint density at radius 3 is 2.74 bits per heavy atom. The van der Waals surface area contributed by atoms with Crippen molar-refractivity contribution in [3.05, 3.63) is 47.1 Å². The van der Waals surface area contributed by atoms with Crippen molar-refractivity contribution in [2.75, 3.05) is 29.7 Å². The van der Waals surface area contributed by atoms with Crippen LogP contribution in [0, 0.1) is 17.7 Å². The van der Waals surface area contributed by atoms with Crippen LogP contribution < -0.4 is 10.0 Å². The number of sulfonamides is 1. The zero-order chi connectivity index (χ0) is 24.3. The van der Waals surface area contributed by atoms with Crippen LogP contribution in [0.1, 0.15) is 38.5 Å². The Kier molecular flexibility index (Phi) is 7.91. The number of anilines is 2. The molecule has 4 rings (SSSR count). The summed E-state index contributed by atoms with van der Waals surface area (Å²) in [6.07, 6.45) is 5.92. The topological polar surface area (TPSA) is 94.6 Å². The van der Waals surface area contributed by atoms with E-state index < -0.39 is 26.7 Å². The number of nitrogens with zero attached hydrogens (tertiary/aromatic N) is 2. The van der Waals surface area contributed by atoms with Crippen molar-refractivity contribution in [2.45, 2.75) is 55.5 Å². The number of aliphatic hydroxyl groups excluding tert-OH is 1. The van der Waals surface area contributed by atoms with Gasteiger partial charge in [0.1, 0.15) is 16.5 Å². The number of aliphatic hydroxyl groups is 1. The Morgan fingerprint density at radius 1 is 1.18 bits per heavy atom. The Balaban J connectivity index is 1.51. The Bertz CT molecular complexity index is 1120. The molecule has 0 unspecified atom stereocenters. The van der Waals surface area contributed by atoms with Crippen LogP contribution in [0.4, 0.5) is 20.3 Å². The number of hydrogen-bond acceptors (Lipinski definition) is 6. The fraction of sp³-hybridized carbons (Fsp3) is 0.522. The van der Waals surface area contributed by atoms with E-state index in [0.29, 0.717) is 11.6 Å². The molecule has 1 aliphatic heterocycles. The van der Waals surface area contributed by atoms with Gasteiger partial charge in [-0.1, -0.05) is 30.5 Å². The van der Waals surface area contributed by atoms with Crippen LogP contribution in [0.3, 0.4) is 0 Å². The van der Waals surface area contributed by atoms with E-state index in [1.165, 1.54) is 12.1 Å². The minimum Gasteiger partial charge on any atom is -0.396 e. The lowest BCUT2D eigenvalue weighted by molar-refractivity contribution is 0.166. The molecule has 1 saturated heterocycles. The summed E-state index contributed by atoms with van der Waals surface area (Å²) < 4.78 is 55.7. The normalized spacial score (nSPS) is 23.7. The van der Waals surface area contributed by atoms with E-state index in [-0.39, 0.29) is 29.5 Å². The molecule has 2 fully saturated rings. The molecule has 3 atom stereocenters. The molecule has 34 heavy (non-hydrogen) atoms. The third-order valence-electron chi connectivity index (χ3n) is 6.66. The first-order valence-corrected chi connectivity index (χ1v) is 13.4. The second kappa shape index (κ2) is 10.7. The van der Waals surface area contributed by atoms with Gasteiger partial charge in [0.05, 0.1) is 10.7 Å². The summed E-state index contributed by atoms with van der Waals surface area (Å²) in [6, 6.07) is 6.11. The SMILES string of the molecule is O=S(=O)(Nc1cccc(F)n1)c1cc(Cl)c(N[C@@H]2CCCC[C@H]2N2CC[C@@H](CCO)C2)cc1F. The van der Waals surface area contributed by atoms with Gasteiger partial charge < -0.3 is 10.4 Å². The van der Waals surface area contributed by atoms with E-state index in [9.17, 15) is 22.3 Å². The van der Waals surface area contributed by atoms with Gasteiger partial charge in [-0.15, -0.1) is 0 Å². The number of rotatable bonds is 8. The van der Waals surface area contributed by atoms with E-state index in [1.54, 1.807) is 0 Å². The standard InChI is InChI=1S/C23H29ClF2N4O3S/c24-16-12-21(34(32,33)29-23-7-3-6-22(26)28-23)17(25)13-19(16)27-18-4-1-2-5-20(18)30-10-8-15(14-30)9-11-31/h3,6-7,12-13,15,18,20,27,31H,1-2,4-5,8-11,14H2,(H,28,29)/t15-,18+,20+/m0/s1. The van der Waals surface area contributed by atoms with Gasteiger partial charge in [-0.25, -0.2) is 17.8 Å². The predicted molar refractivity (Wildman–Crippen MR) is 127 cm³/mol. The summed E-state index contributed by atoms with van der Waals surface area (Å²) in [5.74, 6) is -1.60. The van der Waals surface area contributed by atoms with E-state index >= 15 is 0 Å². The zero-order valence-corrected chi connectivity index (χ0v) is 20.3. The molecule has 0 spiro atoms. The van der Waals surface area contributed by atoms with Crippen molar-refractivity contribution in [1.29, 1.82) is 0 Å². The highest BCUT2D eigenvalue weighted by molar-refractivity contribution is 7.92. The van der Waals surface area contributed by atoms with Gasteiger partial charge in [0.2, 0.25) is 5.95 Å². The quantitative estimate of drug-likeness (QED) is 0.456. The molecule has 186 valence electrons. The number of pyridine rings is 1. The Morgan fingerprint density at radius 2 is 1.97 bits per heavy atom. The van der Waals surface area contributed by atoms with E-state index in [2.05, 4.69) is 19.9 Å². The minimum atomic E-state index is -4.36. The molecular weight excluding hydrogens is 486 g/mol. The summed E-state index contributed by atoms with van der Waals surface area (Å²) in [4.78, 5) is 5.25. The lowest BCUT2D eigenvalue weighted by Crippen LogP contribution is -2.48. The first kappa shape index (κ1) is 25.1. The van der Waals surface area contributed by atoms with Crippen LogP contribution in [0.15, 0.2) is 35.2 Å². The van der Waals surface area contributed by atoms with Crippen LogP contribution in [0.5, 0.6) is 0 Å². The molecular formula is C23H29ClF2N4O3S. The molecule has 2 aliphatic rings. The van der Waals surface area contributed by atoms with Crippen molar-refractivity contribution >= 4 is 33.1 Å². The predicted octanol–water partition coefficient (Wildman–Crippen LogP) is 4.24. The molecule has 1 aromatic heterocycles. The largest absolute Gasteiger partial charge is 0.396 e. The molecule has 1 aliphatic carbocycles. The first-order chi connectivity index (χ1) is 16.3. The maximum Gasteiger partial charge on any atom is 0.266 e. The summed E-state index contributed by atoms with van der Waals surface area (Å²) in [7, 11) is -4.36.